The second-order valence-electron chi connectivity index (χ2n) is 9.69. The standard InChI is InChI=1S/C23H36BN3O4Si/c1-16(31-32(7,8)23(2,3)4)21-26-20(14-27(21)5)18-11-9-17(10-12-18)13-19(22(28)29-6)24-30-15-25/h9-12,14-16,19,24-25H,13H2,1-8H3. The van der Waals surface area contributed by atoms with Gasteiger partial charge in [-0.25, -0.2) is 4.98 Å². The largest absolute Gasteiger partial charge is 0.556 e. The van der Waals surface area contributed by atoms with Crippen LogP contribution in [0.5, 0.6) is 0 Å². The summed E-state index contributed by atoms with van der Waals surface area (Å²) in [4.78, 5) is 16.8. The first-order chi connectivity index (χ1) is 14.9. The lowest BCUT2D eigenvalue weighted by atomic mass is 9.76. The Morgan fingerprint density at radius 3 is 2.44 bits per heavy atom. The molecular weight excluding hydrogens is 421 g/mol. The van der Waals surface area contributed by atoms with Gasteiger partial charge in [0.05, 0.1) is 18.6 Å². The minimum Gasteiger partial charge on any atom is -0.556 e. The molecule has 9 heteroatoms. The molecule has 0 amide bonds. The predicted molar refractivity (Wildman–Crippen MR) is 132 cm³/mol. The van der Waals surface area contributed by atoms with Gasteiger partial charge in [-0.2, -0.15) is 0 Å². The summed E-state index contributed by atoms with van der Waals surface area (Å²) >= 11 is 0. The van der Waals surface area contributed by atoms with Gasteiger partial charge in [-0.3, -0.25) is 10.2 Å². The van der Waals surface area contributed by atoms with Crippen LogP contribution in [0.3, 0.4) is 0 Å². The summed E-state index contributed by atoms with van der Waals surface area (Å²) in [5, 5.41) is 7.15. The third kappa shape index (κ3) is 6.32. The molecule has 0 saturated carbocycles. The van der Waals surface area contributed by atoms with Crippen molar-refractivity contribution in [1.82, 2.24) is 9.55 Å². The summed E-state index contributed by atoms with van der Waals surface area (Å²) in [6, 6.07) is 7.98. The molecule has 1 aromatic carbocycles. The highest BCUT2D eigenvalue weighted by Gasteiger charge is 2.39. The van der Waals surface area contributed by atoms with Crippen LogP contribution in [0.2, 0.25) is 23.9 Å². The average molecular weight is 457 g/mol. The van der Waals surface area contributed by atoms with Gasteiger partial charge in [0, 0.05) is 18.8 Å². The number of aromatic nitrogens is 2. The Balaban J connectivity index is 2.16. The molecule has 2 unspecified atom stereocenters. The molecule has 0 aliphatic rings. The molecule has 0 spiro atoms. The summed E-state index contributed by atoms with van der Waals surface area (Å²) in [6.45, 7) is 13.3. The van der Waals surface area contributed by atoms with Crippen molar-refractivity contribution in [2.75, 3.05) is 7.11 Å². The van der Waals surface area contributed by atoms with Gasteiger partial charge in [-0.1, -0.05) is 45.0 Å². The number of ether oxygens (including phenoxy) is 1. The van der Waals surface area contributed by atoms with Crippen LogP contribution in [-0.4, -0.2) is 44.8 Å². The Labute approximate surface area is 193 Å². The first-order valence-corrected chi connectivity index (χ1v) is 13.8. The number of carbonyl (C=O) groups excluding carboxylic acids is 1. The van der Waals surface area contributed by atoms with Gasteiger partial charge in [0.2, 0.25) is 0 Å². The normalized spacial score (nSPS) is 13.9. The molecule has 0 aliphatic heterocycles. The molecule has 0 bridgehead atoms. The topological polar surface area (TPSA) is 86.4 Å². The van der Waals surface area contributed by atoms with Crippen molar-refractivity contribution in [2.45, 2.75) is 64.2 Å². The Morgan fingerprint density at radius 2 is 1.91 bits per heavy atom. The molecule has 0 radical (unpaired) electrons. The van der Waals surface area contributed by atoms with E-state index >= 15 is 0 Å². The number of benzene rings is 1. The fourth-order valence-corrected chi connectivity index (χ4v) is 4.65. The molecular formula is C23H36BN3O4Si. The highest BCUT2D eigenvalue weighted by molar-refractivity contribution is 6.74. The fraction of sp³-hybridized carbons (Fsp3) is 0.522. The fourth-order valence-electron chi connectivity index (χ4n) is 3.31. The maximum absolute atomic E-state index is 12.0. The van der Waals surface area contributed by atoms with E-state index in [4.69, 9.17) is 24.2 Å². The van der Waals surface area contributed by atoms with Crippen molar-refractivity contribution in [3.05, 3.63) is 41.9 Å². The van der Waals surface area contributed by atoms with Gasteiger partial charge in [-0.05, 0) is 37.0 Å². The molecule has 2 aromatic rings. The quantitative estimate of drug-likeness (QED) is 0.243. The molecule has 1 heterocycles. The number of hydrogen-bond acceptors (Lipinski definition) is 6. The van der Waals surface area contributed by atoms with Crippen LogP contribution >= 0.6 is 0 Å². The molecule has 2 rings (SSSR count). The monoisotopic (exact) mass is 457 g/mol. The van der Waals surface area contributed by atoms with E-state index in [1.807, 2.05) is 42.1 Å². The van der Waals surface area contributed by atoms with E-state index in [0.29, 0.717) is 6.42 Å². The zero-order valence-electron chi connectivity index (χ0n) is 20.6. The van der Waals surface area contributed by atoms with Gasteiger partial charge >= 0.3 is 13.5 Å². The summed E-state index contributed by atoms with van der Waals surface area (Å²) in [7, 11) is 1.57. The van der Waals surface area contributed by atoms with Crippen LogP contribution in [0, 0.1) is 5.41 Å². The summed E-state index contributed by atoms with van der Waals surface area (Å²) in [5.74, 6) is 0.103. The highest BCUT2D eigenvalue weighted by Crippen LogP contribution is 2.39. The zero-order chi connectivity index (χ0) is 24.1. The Kier molecular flexibility index (Phi) is 8.48. The summed E-state index contributed by atoms with van der Waals surface area (Å²) in [6.07, 6.45) is 3.24. The van der Waals surface area contributed by atoms with Crippen molar-refractivity contribution >= 4 is 28.2 Å². The number of rotatable bonds is 10. The third-order valence-corrected chi connectivity index (χ3v) is 10.8. The van der Waals surface area contributed by atoms with Crippen LogP contribution in [0.1, 0.15) is 45.2 Å². The van der Waals surface area contributed by atoms with Crippen molar-refractivity contribution < 1.29 is 18.6 Å². The second-order valence-corrected chi connectivity index (χ2v) is 14.4. The Bertz CT molecular complexity index is 922. The van der Waals surface area contributed by atoms with E-state index in [0.717, 1.165) is 29.0 Å². The molecule has 0 aliphatic carbocycles. The number of aryl methyl sites for hydroxylation is 1. The maximum atomic E-state index is 12.0. The van der Waals surface area contributed by atoms with Crippen molar-refractivity contribution in [3.8, 4) is 11.3 Å². The number of nitrogens with zero attached hydrogens (tertiary/aromatic N) is 2. The van der Waals surface area contributed by atoms with Crippen LogP contribution in [-0.2, 0) is 32.1 Å². The number of imidazole rings is 1. The average Bonchev–Trinajstić information content (AvgIpc) is 3.11. The van der Waals surface area contributed by atoms with Gasteiger partial charge < -0.3 is 18.4 Å². The van der Waals surface area contributed by atoms with E-state index in [1.54, 1.807) is 0 Å². The van der Waals surface area contributed by atoms with E-state index in [2.05, 4.69) is 40.8 Å². The minimum atomic E-state index is -1.90. The minimum absolute atomic E-state index is 0.0939. The molecule has 1 N–H and O–H groups in total. The van der Waals surface area contributed by atoms with Crippen LogP contribution in [0.4, 0.5) is 0 Å². The van der Waals surface area contributed by atoms with Crippen molar-refractivity contribution in [1.29, 1.82) is 5.41 Å². The molecule has 0 saturated heterocycles. The van der Waals surface area contributed by atoms with Gasteiger partial charge in [0.1, 0.15) is 18.3 Å². The van der Waals surface area contributed by atoms with Crippen LogP contribution in [0.25, 0.3) is 11.3 Å². The van der Waals surface area contributed by atoms with Gasteiger partial charge in [0.15, 0.2) is 8.32 Å². The van der Waals surface area contributed by atoms with Crippen molar-refractivity contribution in [2.24, 2.45) is 7.05 Å². The molecule has 0 fully saturated rings. The third-order valence-electron chi connectivity index (χ3n) is 6.20. The smallest absolute Gasteiger partial charge is 0.355 e. The van der Waals surface area contributed by atoms with Crippen LogP contribution < -0.4 is 0 Å². The van der Waals surface area contributed by atoms with E-state index in [1.165, 1.54) is 7.11 Å². The first kappa shape index (κ1) is 25.9. The zero-order valence-corrected chi connectivity index (χ0v) is 21.6. The Hall–Kier alpha value is -2.39. The lowest BCUT2D eigenvalue weighted by molar-refractivity contribution is -0.140. The summed E-state index contributed by atoms with van der Waals surface area (Å²) in [5.41, 5.74) is 2.88. The number of esters is 1. The number of carbonyl (C=O) groups is 1. The van der Waals surface area contributed by atoms with Gasteiger partial charge in [0.25, 0.3) is 0 Å². The van der Waals surface area contributed by atoms with E-state index in [-0.39, 0.29) is 24.6 Å². The van der Waals surface area contributed by atoms with E-state index in [9.17, 15) is 4.79 Å². The van der Waals surface area contributed by atoms with Gasteiger partial charge in [-0.15, -0.1) is 0 Å². The van der Waals surface area contributed by atoms with E-state index < -0.39 is 14.1 Å². The first-order valence-electron chi connectivity index (χ1n) is 10.9. The highest BCUT2D eigenvalue weighted by atomic mass is 28.4. The number of hydrogen-bond donors (Lipinski definition) is 1. The molecule has 1 aromatic heterocycles. The SMILES string of the molecule is COC(=O)C(BOC=N)Cc1ccc(-c2cn(C)c(C(C)O[Si](C)(C)C(C)(C)C)n2)cc1. The Morgan fingerprint density at radius 1 is 1.28 bits per heavy atom. The molecule has 32 heavy (non-hydrogen) atoms. The molecule has 7 nitrogen and oxygen atoms in total. The van der Waals surface area contributed by atoms with Crippen molar-refractivity contribution in [3.63, 3.8) is 0 Å². The van der Waals surface area contributed by atoms with Crippen LogP contribution in [0.15, 0.2) is 30.5 Å². The second kappa shape index (κ2) is 10.5. The molecule has 174 valence electrons. The summed E-state index contributed by atoms with van der Waals surface area (Å²) < 4.78 is 18.4. The number of methoxy groups -OCH3 is 1. The lowest BCUT2D eigenvalue weighted by Gasteiger charge is -2.38. The lowest BCUT2D eigenvalue weighted by Crippen LogP contribution is -2.41. The number of nitrogens with one attached hydrogen (secondary N) is 1. The molecule has 2 atom stereocenters. The predicted octanol–water partition coefficient (Wildman–Crippen LogP) is 4.65. The maximum Gasteiger partial charge on any atom is 0.355 e.